The van der Waals surface area contributed by atoms with Crippen LogP contribution in [0.2, 0.25) is 0 Å². The van der Waals surface area contributed by atoms with Crippen LogP contribution in [0.15, 0.2) is 48.5 Å². The van der Waals surface area contributed by atoms with E-state index in [4.69, 9.17) is 4.74 Å². The van der Waals surface area contributed by atoms with Gasteiger partial charge in [-0.05, 0) is 47.4 Å². The fourth-order valence-electron chi connectivity index (χ4n) is 1.77. The summed E-state index contributed by atoms with van der Waals surface area (Å²) < 4.78 is 18.0. The molecule has 0 spiro atoms. The highest BCUT2D eigenvalue weighted by Gasteiger charge is 2.14. The van der Waals surface area contributed by atoms with Crippen LogP contribution in [0.5, 0.6) is 5.75 Å². The maximum Gasteiger partial charge on any atom is 0.343 e. The maximum absolute atomic E-state index is 12.8. The van der Waals surface area contributed by atoms with Crippen LogP contribution >= 0.6 is 0 Å². The average Bonchev–Trinajstić information content (AvgIpc) is 2.39. The van der Waals surface area contributed by atoms with Gasteiger partial charge in [0.1, 0.15) is 11.6 Å². The Hall–Kier alpha value is -2.16. The molecule has 0 aliphatic rings. The Kier molecular flexibility index (Phi) is 3.89. The molecular formula is C17H17FO2. The maximum atomic E-state index is 12.8. The van der Waals surface area contributed by atoms with Crippen LogP contribution in [0.25, 0.3) is 0 Å². The Labute approximate surface area is 118 Å². The van der Waals surface area contributed by atoms with Crippen molar-refractivity contribution in [3.05, 3.63) is 65.5 Å². The predicted molar refractivity (Wildman–Crippen MR) is 76.5 cm³/mol. The van der Waals surface area contributed by atoms with E-state index in [0.29, 0.717) is 11.3 Å². The van der Waals surface area contributed by atoms with Gasteiger partial charge in [-0.15, -0.1) is 0 Å². The van der Waals surface area contributed by atoms with E-state index in [1.807, 2.05) is 12.1 Å². The smallest absolute Gasteiger partial charge is 0.343 e. The summed E-state index contributed by atoms with van der Waals surface area (Å²) >= 11 is 0. The molecule has 0 atom stereocenters. The zero-order valence-corrected chi connectivity index (χ0v) is 11.8. The Morgan fingerprint density at radius 1 is 0.950 bits per heavy atom. The number of halogens is 1. The van der Waals surface area contributed by atoms with Crippen molar-refractivity contribution < 1.29 is 13.9 Å². The molecule has 0 unspecified atom stereocenters. The van der Waals surface area contributed by atoms with Crippen molar-refractivity contribution in [2.24, 2.45) is 0 Å². The summed E-state index contributed by atoms with van der Waals surface area (Å²) in [4.78, 5) is 11.9. The summed E-state index contributed by atoms with van der Waals surface area (Å²) in [6.45, 7) is 6.35. The van der Waals surface area contributed by atoms with Gasteiger partial charge in [0.25, 0.3) is 0 Å². The molecule has 0 aliphatic heterocycles. The van der Waals surface area contributed by atoms with Gasteiger partial charge in [0, 0.05) is 0 Å². The predicted octanol–water partition coefficient (Wildman–Crippen LogP) is 4.34. The number of ether oxygens (including phenoxy) is 1. The second kappa shape index (κ2) is 5.45. The molecule has 0 aromatic heterocycles. The van der Waals surface area contributed by atoms with E-state index in [-0.39, 0.29) is 11.2 Å². The molecule has 0 radical (unpaired) electrons. The minimum absolute atomic E-state index is 0.0551. The summed E-state index contributed by atoms with van der Waals surface area (Å²) in [6, 6.07) is 12.7. The summed E-state index contributed by atoms with van der Waals surface area (Å²) in [5, 5.41) is 0. The van der Waals surface area contributed by atoms with E-state index in [2.05, 4.69) is 20.8 Å². The van der Waals surface area contributed by atoms with Crippen molar-refractivity contribution in [2.45, 2.75) is 26.2 Å². The molecule has 0 fully saturated rings. The minimum Gasteiger partial charge on any atom is -0.423 e. The lowest BCUT2D eigenvalue weighted by Crippen LogP contribution is -2.11. The highest BCUT2D eigenvalue weighted by Crippen LogP contribution is 2.24. The fourth-order valence-corrected chi connectivity index (χ4v) is 1.77. The Morgan fingerprint density at radius 3 is 2.00 bits per heavy atom. The molecule has 0 amide bonds. The van der Waals surface area contributed by atoms with Crippen molar-refractivity contribution in [1.82, 2.24) is 0 Å². The lowest BCUT2D eigenvalue weighted by Gasteiger charge is -2.18. The molecule has 2 nitrogen and oxygen atoms in total. The molecule has 20 heavy (non-hydrogen) atoms. The topological polar surface area (TPSA) is 26.3 Å². The lowest BCUT2D eigenvalue weighted by atomic mass is 9.87. The number of hydrogen-bond donors (Lipinski definition) is 0. The van der Waals surface area contributed by atoms with Crippen LogP contribution in [0.1, 0.15) is 36.7 Å². The molecule has 0 saturated carbocycles. The lowest BCUT2D eigenvalue weighted by molar-refractivity contribution is 0.0734. The Bertz CT molecular complexity index is 592. The van der Waals surface area contributed by atoms with Crippen molar-refractivity contribution in [2.75, 3.05) is 0 Å². The number of hydrogen-bond acceptors (Lipinski definition) is 2. The minimum atomic E-state index is -0.492. The van der Waals surface area contributed by atoms with E-state index in [0.717, 1.165) is 0 Å². The van der Waals surface area contributed by atoms with Crippen molar-refractivity contribution in [3.8, 4) is 5.75 Å². The first-order valence-electron chi connectivity index (χ1n) is 6.44. The number of benzene rings is 2. The second-order valence-electron chi connectivity index (χ2n) is 5.67. The first-order chi connectivity index (χ1) is 9.36. The average molecular weight is 272 g/mol. The second-order valence-corrected chi connectivity index (χ2v) is 5.67. The van der Waals surface area contributed by atoms with Gasteiger partial charge in [0.15, 0.2) is 0 Å². The summed E-state index contributed by atoms with van der Waals surface area (Å²) in [5.41, 5.74) is 1.55. The van der Waals surface area contributed by atoms with E-state index >= 15 is 0 Å². The van der Waals surface area contributed by atoms with Crippen molar-refractivity contribution >= 4 is 5.97 Å². The van der Waals surface area contributed by atoms with Crippen molar-refractivity contribution in [1.29, 1.82) is 0 Å². The summed E-state index contributed by atoms with van der Waals surface area (Å²) in [7, 11) is 0. The van der Waals surface area contributed by atoms with E-state index in [1.165, 1.54) is 29.8 Å². The highest BCUT2D eigenvalue weighted by atomic mass is 19.1. The molecule has 0 aliphatic carbocycles. The molecular weight excluding hydrogens is 255 g/mol. The quantitative estimate of drug-likeness (QED) is 0.600. The van der Waals surface area contributed by atoms with Crippen LogP contribution < -0.4 is 4.74 Å². The molecule has 2 aromatic rings. The zero-order valence-electron chi connectivity index (χ0n) is 11.8. The Morgan fingerprint density at radius 2 is 1.50 bits per heavy atom. The molecule has 2 aromatic carbocycles. The molecule has 0 N–H and O–H groups in total. The zero-order chi connectivity index (χ0) is 14.8. The number of esters is 1. The standard InChI is InChI=1S/C17H17FO2/c1-17(2,3)13-6-10-15(11-7-13)20-16(19)12-4-8-14(18)9-5-12/h4-11H,1-3H3. The van der Waals surface area contributed by atoms with Gasteiger partial charge < -0.3 is 4.74 Å². The Balaban J connectivity index is 2.10. The van der Waals surface area contributed by atoms with Gasteiger partial charge in [-0.1, -0.05) is 32.9 Å². The normalized spacial score (nSPS) is 11.2. The molecule has 3 heteroatoms. The first-order valence-corrected chi connectivity index (χ1v) is 6.44. The summed E-state index contributed by atoms with van der Waals surface area (Å²) in [6.07, 6.45) is 0. The largest absolute Gasteiger partial charge is 0.423 e. The number of carbonyl (C=O) groups excluding carboxylic acids is 1. The monoisotopic (exact) mass is 272 g/mol. The van der Waals surface area contributed by atoms with E-state index in [1.54, 1.807) is 12.1 Å². The number of rotatable bonds is 2. The highest BCUT2D eigenvalue weighted by molar-refractivity contribution is 5.90. The third kappa shape index (κ3) is 3.44. The van der Waals surface area contributed by atoms with Gasteiger partial charge >= 0.3 is 5.97 Å². The first kappa shape index (κ1) is 14.3. The van der Waals surface area contributed by atoms with Gasteiger partial charge in [-0.3, -0.25) is 0 Å². The summed E-state index contributed by atoms with van der Waals surface area (Å²) in [5.74, 6) is -0.392. The third-order valence-corrected chi connectivity index (χ3v) is 3.01. The van der Waals surface area contributed by atoms with Gasteiger partial charge in [0.05, 0.1) is 5.56 Å². The van der Waals surface area contributed by atoms with Gasteiger partial charge in [-0.25, -0.2) is 9.18 Å². The van der Waals surface area contributed by atoms with E-state index in [9.17, 15) is 9.18 Å². The SMILES string of the molecule is CC(C)(C)c1ccc(OC(=O)c2ccc(F)cc2)cc1. The number of carbonyl (C=O) groups is 1. The third-order valence-electron chi connectivity index (χ3n) is 3.01. The molecule has 2 rings (SSSR count). The van der Waals surface area contributed by atoms with Crippen LogP contribution in [-0.4, -0.2) is 5.97 Å². The van der Waals surface area contributed by atoms with Gasteiger partial charge in [0.2, 0.25) is 0 Å². The van der Waals surface area contributed by atoms with Crippen LogP contribution in [0.4, 0.5) is 4.39 Å². The van der Waals surface area contributed by atoms with Gasteiger partial charge in [-0.2, -0.15) is 0 Å². The van der Waals surface area contributed by atoms with Crippen LogP contribution in [0.3, 0.4) is 0 Å². The molecule has 104 valence electrons. The molecule has 0 heterocycles. The van der Waals surface area contributed by atoms with Crippen LogP contribution in [-0.2, 0) is 5.41 Å². The van der Waals surface area contributed by atoms with E-state index < -0.39 is 5.97 Å². The van der Waals surface area contributed by atoms with Crippen LogP contribution in [0, 0.1) is 5.82 Å². The fraction of sp³-hybridized carbons (Fsp3) is 0.235. The van der Waals surface area contributed by atoms with Crippen molar-refractivity contribution in [3.63, 3.8) is 0 Å². The molecule has 0 bridgehead atoms. The molecule has 0 saturated heterocycles.